The molecule has 0 spiro atoms. The topological polar surface area (TPSA) is 119 Å². The molecule has 0 aromatic carbocycles. The highest BCUT2D eigenvalue weighted by atomic mass is 16.3. The van der Waals surface area contributed by atoms with Crippen molar-refractivity contribution in [2.45, 2.75) is 78.7 Å². The van der Waals surface area contributed by atoms with Crippen molar-refractivity contribution < 1.29 is 5.11 Å². The maximum atomic E-state index is 12.6. The molecule has 156 valence electrons. The first-order valence-electron chi connectivity index (χ1n) is 10.3. The van der Waals surface area contributed by atoms with Gasteiger partial charge in [-0.3, -0.25) is 14.5 Å². The molecule has 8 nitrogen and oxygen atoms in total. The van der Waals surface area contributed by atoms with Crippen molar-refractivity contribution in [1.82, 2.24) is 14.8 Å². The molecule has 0 saturated heterocycles. The maximum Gasteiger partial charge on any atom is 0.271 e. The van der Waals surface area contributed by atoms with E-state index in [9.17, 15) is 15.2 Å². The second-order valence-electron chi connectivity index (χ2n) is 7.32. The van der Waals surface area contributed by atoms with Crippen LogP contribution >= 0.6 is 0 Å². The summed E-state index contributed by atoms with van der Waals surface area (Å²) in [5.74, 6) is 0.103. The molecule has 0 atom stereocenters. The van der Waals surface area contributed by atoms with Gasteiger partial charge in [-0.05, 0) is 20.3 Å². The molecule has 0 unspecified atom stereocenters. The highest BCUT2D eigenvalue weighted by Gasteiger charge is 2.19. The minimum Gasteiger partial charge on any atom is -0.493 e. The van der Waals surface area contributed by atoms with Gasteiger partial charge in [-0.15, -0.1) is 10.2 Å². The first-order valence-corrected chi connectivity index (χ1v) is 10.3. The first-order chi connectivity index (χ1) is 14.0. The van der Waals surface area contributed by atoms with E-state index >= 15 is 0 Å². The largest absolute Gasteiger partial charge is 0.493 e. The summed E-state index contributed by atoms with van der Waals surface area (Å²) >= 11 is 0. The number of hydrogen-bond donors (Lipinski definition) is 2. The molecule has 0 aliphatic carbocycles. The third kappa shape index (κ3) is 6.01. The van der Waals surface area contributed by atoms with Gasteiger partial charge in [0, 0.05) is 23.9 Å². The Morgan fingerprint density at radius 3 is 2.38 bits per heavy atom. The van der Waals surface area contributed by atoms with Crippen LogP contribution in [0, 0.1) is 25.2 Å². The lowest BCUT2D eigenvalue weighted by Gasteiger charge is -2.13. The highest BCUT2D eigenvalue weighted by Crippen LogP contribution is 2.32. The molecule has 0 amide bonds. The van der Waals surface area contributed by atoms with E-state index < -0.39 is 5.56 Å². The summed E-state index contributed by atoms with van der Waals surface area (Å²) in [6.07, 6.45) is 9.02. The van der Waals surface area contributed by atoms with Gasteiger partial charge < -0.3 is 5.11 Å². The number of aromatic amines is 1. The van der Waals surface area contributed by atoms with Gasteiger partial charge in [0.25, 0.3) is 5.56 Å². The second-order valence-corrected chi connectivity index (χ2v) is 7.32. The van der Waals surface area contributed by atoms with Gasteiger partial charge in [-0.25, -0.2) is 0 Å². The van der Waals surface area contributed by atoms with Crippen LogP contribution in [-0.2, 0) is 6.54 Å². The van der Waals surface area contributed by atoms with Gasteiger partial charge in [-0.2, -0.15) is 10.4 Å². The van der Waals surface area contributed by atoms with Gasteiger partial charge in [0.1, 0.15) is 11.6 Å². The number of nitrogens with zero attached hydrogens (tertiary/aromatic N) is 5. The molecule has 0 bridgehead atoms. The second kappa shape index (κ2) is 11.1. The summed E-state index contributed by atoms with van der Waals surface area (Å²) in [6, 6.07) is 3.64. The van der Waals surface area contributed by atoms with Crippen LogP contribution in [0.5, 0.6) is 5.88 Å². The van der Waals surface area contributed by atoms with Gasteiger partial charge >= 0.3 is 0 Å². The first kappa shape index (κ1) is 22.3. The summed E-state index contributed by atoms with van der Waals surface area (Å²) in [5.41, 5.74) is 0.770. The normalized spacial score (nSPS) is 11.2. The molecular weight excluding hydrogens is 368 g/mol. The molecular formula is C21H30N6O2. The number of pyridine rings is 1. The quantitative estimate of drug-likeness (QED) is 0.393. The van der Waals surface area contributed by atoms with Crippen molar-refractivity contribution in [2.24, 2.45) is 10.2 Å². The van der Waals surface area contributed by atoms with Gasteiger partial charge in [0.05, 0.1) is 0 Å². The van der Waals surface area contributed by atoms with E-state index in [1.165, 1.54) is 36.7 Å². The third-order valence-corrected chi connectivity index (χ3v) is 4.95. The fourth-order valence-corrected chi connectivity index (χ4v) is 3.22. The number of aryl methyl sites for hydroxylation is 1. The van der Waals surface area contributed by atoms with Crippen LogP contribution in [0.3, 0.4) is 0 Å². The molecule has 0 aliphatic rings. The van der Waals surface area contributed by atoms with E-state index in [1.807, 2.05) is 13.0 Å². The lowest BCUT2D eigenvalue weighted by molar-refractivity contribution is 0.399. The molecule has 2 N–H and O–H groups in total. The predicted octanol–water partition coefficient (Wildman–Crippen LogP) is 5.32. The Morgan fingerprint density at radius 1 is 1.14 bits per heavy atom. The smallest absolute Gasteiger partial charge is 0.271 e. The number of nitrogens with one attached hydrogen (secondary N) is 1. The van der Waals surface area contributed by atoms with E-state index in [-0.39, 0.29) is 17.1 Å². The molecule has 8 heteroatoms. The zero-order chi connectivity index (χ0) is 21.2. The highest BCUT2D eigenvalue weighted by molar-refractivity contribution is 5.59. The Bertz CT molecular complexity index is 936. The van der Waals surface area contributed by atoms with Gasteiger partial charge in [0.15, 0.2) is 11.5 Å². The summed E-state index contributed by atoms with van der Waals surface area (Å²) in [5, 5.41) is 34.8. The van der Waals surface area contributed by atoms with Crippen molar-refractivity contribution in [3.63, 3.8) is 0 Å². The van der Waals surface area contributed by atoms with Crippen LogP contribution in [0.15, 0.2) is 21.1 Å². The van der Waals surface area contributed by atoms with E-state index in [4.69, 9.17) is 0 Å². The van der Waals surface area contributed by atoms with Crippen molar-refractivity contribution in [1.29, 1.82) is 5.26 Å². The van der Waals surface area contributed by atoms with Crippen molar-refractivity contribution >= 4 is 11.5 Å². The van der Waals surface area contributed by atoms with E-state index in [0.717, 1.165) is 25.0 Å². The summed E-state index contributed by atoms with van der Waals surface area (Å²) in [6.45, 7) is 5.97. The molecule has 2 heterocycles. The molecule has 29 heavy (non-hydrogen) atoms. The van der Waals surface area contributed by atoms with Crippen LogP contribution in [0.25, 0.3) is 0 Å². The standard InChI is InChI=1S/C21H30N6O2/c1-4-5-6-7-8-9-10-11-12-27-20(28)17(14-22)16(3)19(21(27)29)26-25-18-13-15(2)23-24-18/h13,29H,4-12H2,1-3H3,(H,23,24)/b26-25+. The third-order valence-electron chi connectivity index (χ3n) is 4.95. The van der Waals surface area contributed by atoms with Gasteiger partial charge in [0.2, 0.25) is 5.88 Å². The number of hydrogen-bond acceptors (Lipinski definition) is 6. The fourth-order valence-electron chi connectivity index (χ4n) is 3.22. The lowest BCUT2D eigenvalue weighted by atomic mass is 10.1. The minimum atomic E-state index is -0.486. The average Bonchev–Trinajstić information content (AvgIpc) is 3.11. The summed E-state index contributed by atoms with van der Waals surface area (Å²) in [7, 11) is 0. The SMILES string of the molecule is CCCCCCCCCCn1c(O)c(/N=N/c2cc(C)[nH]n2)c(C)c(C#N)c1=O. The number of nitriles is 1. The average molecular weight is 399 g/mol. The predicted molar refractivity (Wildman–Crippen MR) is 112 cm³/mol. The molecule has 0 radical (unpaired) electrons. The Hall–Kier alpha value is -2.95. The van der Waals surface area contributed by atoms with Crippen LogP contribution in [-0.4, -0.2) is 19.9 Å². The number of H-pyrrole nitrogens is 1. The Balaban J connectivity index is 2.12. The molecule has 0 fully saturated rings. The molecule has 0 saturated carbocycles. The van der Waals surface area contributed by atoms with E-state index in [0.29, 0.717) is 17.9 Å². The van der Waals surface area contributed by atoms with Crippen LogP contribution in [0.2, 0.25) is 0 Å². The Morgan fingerprint density at radius 2 is 1.79 bits per heavy atom. The van der Waals surface area contributed by atoms with Crippen LogP contribution < -0.4 is 5.56 Å². The van der Waals surface area contributed by atoms with E-state index in [1.54, 1.807) is 13.0 Å². The summed E-state index contributed by atoms with van der Waals surface area (Å²) in [4.78, 5) is 12.6. The van der Waals surface area contributed by atoms with E-state index in [2.05, 4.69) is 27.3 Å². The number of unbranched alkanes of at least 4 members (excludes halogenated alkanes) is 7. The molecule has 2 aromatic rings. The summed E-state index contributed by atoms with van der Waals surface area (Å²) < 4.78 is 1.23. The van der Waals surface area contributed by atoms with Crippen LogP contribution in [0.1, 0.15) is 75.1 Å². The molecule has 2 aromatic heterocycles. The Labute approximate surface area is 171 Å². The van der Waals surface area contributed by atoms with Crippen molar-refractivity contribution in [3.05, 3.63) is 33.2 Å². The van der Waals surface area contributed by atoms with Crippen molar-refractivity contribution in [2.75, 3.05) is 0 Å². The lowest BCUT2D eigenvalue weighted by Crippen LogP contribution is -2.24. The zero-order valence-electron chi connectivity index (χ0n) is 17.5. The zero-order valence-corrected chi connectivity index (χ0v) is 17.5. The molecule has 2 rings (SSSR count). The number of aromatic nitrogens is 3. The minimum absolute atomic E-state index is 0.0190. The van der Waals surface area contributed by atoms with Crippen LogP contribution in [0.4, 0.5) is 11.5 Å². The number of rotatable bonds is 11. The monoisotopic (exact) mass is 398 g/mol. The maximum absolute atomic E-state index is 12.6. The fraction of sp³-hybridized carbons (Fsp3) is 0.571. The van der Waals surface area contributed by atoms with Crippen molar-refractivity contribution in [3.8, 4) is 11.9 Å². The Kier molecular flexibility index (Phi) is 8.59. The number of azo groups is 1. The molecule has 0 aliphatic heterocycles. The number of aromatic hydroxyl groups is 1. The van der Waals surface area contributed by atoms with Gasteiger partial charge in [-0.1, -0.05) is 51.9 Å².